The Labute approximate surface area is 117 Å². The molecule has 0 atom stereocenters. The quantitative estimate of drug-likeness (QED) is 0.882. The lowest BCUT2D eigenvalue weighted by Crippen LogP contribution is -2.00. The number of methoxy groups -OCH3 is 2. The summed E-state index contributed by atoms with van der Waals surface area (Å²) in [6, 6.07) is 5.79. The molecule has 0 bridgehead atoms. The van der Waals surface area contributed by atoms with Gasteiger partial charge in [-0.05, 0) is 31.5 Å². The number of aryl methyl sites for hydroxylation is 1. The molecule has 0 spiro atoms. The smallest absolute Gasteiger partial charge is 0.123 e. The zero-order valence-electron chi connectivity index (χ0n) is 11.2. The Morgan fingerprint density at radius 3 is 2.42 bits per heavy atom. The van der Waals surface area contributed by atoms with Crippen molar-refractivity contribution in [2.24, 2.45) is 5.73 Å². The predicted molar refractivity (Wildman–Crippen MR) is 78.0 cm³/mol. The molecule has 0 aliphatic carbocycles. The van der Waals surface area contributed by atoms with Crippen LogP contribution in [-0.4, -0.2) is 25.7 Å². The molecule has 0 saturated carbocycles. The second-order valence-corrected chi connectivity index (χ2v) is 5.00. The first-order valence-electron chi connectivity index (χ1n) is 6.14. The molecule has 0 saturated heterocycles. The van der Waals surface area contributed by atoms with Crippen molar-refractivity contribution in [2.75, 3.05) is 20.8 Å². The normalized spacial score (nSPS) is 10.5. The number of thiazole rings is 1. The number of hydrogen-bond donors (Lipinski definition) is 1. The maximum Gasteiger partial charge on any atom is 0.123 e. The molecule has 2 aromatic rings. The zero-order valence-corrected chi connectivity index (χ0v) is 12.0. The molecule has 0 fully saturated rings. The van der Waals surface area contributed by atoms with Gasteiger partial charge in [-0.25, -0.2) is 4.98 Å². The molecule has 102 valence electrons. The lowest BCUT2D eigenvalue weighted by atomic mass is 10.2. The molecule has 1 aromatic heterocycles. The third-order valence-electron chi connectivity index (χ3n) is 2.79. The summed E-state index contributed by atoms with van der Waals surface area (Å²) >= 11 is 1.63. The van der Waals surface area contributed by atoms with Gasteiger partial charge in [0, 0.05) is 17.0 Å². The second kappa shape index (κ2) is 6.54. The Bertz CT molecular complexity index is 518. The Morgan fingerprint density at radius 2 is 1.84 bits per heavy atom. The number of nitrogens with zero attached hydrogens (tertiary/aromatic N) is 1. The molecule has 5 heteroatoms. The summed E-state index contributed by atoms with van der Waals surface area (Å²) in [5.74, 6) is 1.54. The maximum atomic E-state index is 5.51. The van der Waals surface area contributed by atoms with E-state index in [1.54, 1.807) is 25.6 Å². The van der Waals surface area contributed by atoms with E-state index in [-0.39, 0.29) is 0 Å². The SMILES string of the molecule is COc1cc(OC)cc(-c2nc(CCCN)cs2)c1. The minimum absolute atomic E-state index is 0.694. The molecule has 2 N–H and O–H groups in total. The van der Waals surface area contributed by atoms with Crippen LogP contribution in [-0.2, 0) is 6.42 Å². The van der Waals surface area contributed by atoms with Crippen molar-refractivity contribution in [3.63, 3.8) is 0 Å². The fourth-order valence-corrected chi connectivity index (χ4v) is 2.61. The van der Waals surface area contributed by atoms with E-state index in [1.807, 2.05) is 18.2 Å². The number of nitrogens with two attached hydrogens (primary N) is 1. The molecule has 0 aliphatic heterocycles. The van der Waals surface area contributed by atoms with Gasteiger partial charge in [-0.15, -0.1) is 11.3 Å². The van der Waals surface area contributed by atoms with Crippen LogP contribution in [0.25, 0.3) is 10.6 Å². The minimum Gasteiger partial charge on any atom is -0.497 e. The summed E-state index contributed by atoms with van der Waals surface area (Å²) < 4.78 is 10.5. The molecular formula is C14H18N2O2S. The lowest BCUT2D eigenvalue weighted by Gasteiger charge is -2.06. The summed E-state index contributed by atoms with van der Waals surface area (Å²) in [5, 5.41) is 3.06. The summed E-state index contributed by atoms with van der Waals surface area (Å²) in [6.45, 7) is 0.694. The van der Waals surface area contributed by atoms with Crippen molar-refractivity contribution in [2.45, 2.75) is 12.8 Å². The molecule has 4 nitrogen and oxygen atoms in total. The van der Waals surface area contributed by atoms with Crippen LogP contribution in [0.15, 0.2) is 23.6 Å². The molecule has 1 heterocycles. The van der Waals surface area contributed by atoms with Crippen LogP contribution in [0.2, 0.25) is 0 Å². The van der Waals surface area contributed by atoms with Crippen molar-refractivity contribution in [1.82, 2.24) is 4.98 Å². The summed E-state index contributed by atoms with van der Waals surface area (Å²) in [4.78, 5) is 4.62. The third kappa shape index (κ3) is 3.45. The molecule has 2 rings (SSSR count). The summed E-state index contributed by atoms with van der Waals surface area (Å²) in [5.41, 5.74) is 7.62. The van der Waals surface area contributed by atoms with Gasteiger partial charge in [0.15, 0.2) is 0 Å². The van der Waals surface area contributed by atoms with Gasteiger partial charge < -0.3 is 15.2 Å². The van der Waals surface area contributed by atoms with E-state index in [9.17, 15) is 0 Å². The average molecular weight is 278 g/mol. The van der Waals surface area contributed by atoms with Crippen molar-refractivity contribution < 1.29 is 9.47 Å². The van der Waals surface area contributed by atoms with Crippen LogP contribution in [0.4, 0.5) is 0 Å². The number of hydrogen-bond acceptors (Lipinski definition) is 5. The largest absolute Gasteiger partial charge is 0.497 e. The first kappa shape index (κ1) is 13.8. The molecule has 0 aliphatic rings. The fourth-order valence-electron chi connectivity index (χ4n) is 1.77. The standard InChI is InChI=1S/C14H18N2O2S/c1-17-12-6-10(7-13(8-12)18-2)14-16-11(9-19-14)4-3-5-15/h6-9H,3-5,15H2,1-2H3. The van der Waals surface area contributed by atoms with Gasteiger partial charge in [-0.3, -0.25) is 0 Å². The highest BCUT2D eigenvalue weighted by atomic mass is 32.1. The fraction of sp³-hybridized carbons (Fsp3) is 0.357. The third-order valence-corrected chi connectivity index (χ3v) is 3.73. The Hall–Kier alpha value is -1.59. The lowest BCUT2D eigenvalue weighted by molar-refractivity contribution is 0.394. The monoisotopic (exact) mass is 278 g/mol. The molecule has 19 heavy (non-hydrogen) atoms. The summed E-state index contributed by atoms with van der Waals surface area (Å²) in [6.07, 6.45) is 1.89. The van der Waals surface area contributed by atoms with Crippen molar-refractivity contribution in [3.8, 4) is 22.1 Å². The highest BCUT2D eigenvalue weighted by Crippen LogP contribution is 2.31. The molecule has 1 aromatic carbocycles. The average Bonchev–Trinajstić information content (AvgIpc) is 2.93. The van der Waals surface area contributed by atoms with Crippen molar-refractivity contribution in [3.05, 3.63) is 29.3 Å². The van der Waals surface area contributed by atoms with Crippen LogP contribution >= 0.6 is 11.3 Å². The molecular weight excluding hydrogens is 260 g/mol. The minimum atomic E-state index is 0.694. The van der Waals surface area contributed by atoms with E-state index in [1.165, 1.54) is 0 Å². The Morgan fingerprint density at radius 1 is 1.16 bits per heavy atom. The molecule has 0 radical (unpaired) electrons. The van der Waals surface area contributed by atoms with E-state index in [4.69, 9.17) is 15.2 Å². The van der Waals surface area contributed by atoms with E-state index in [2.05, 4.69) is 10.4 Å². The van der Waals surface area contributed by atoms with Gasteiger partial charge >= 0.3 is 0 Å². The molecule has 0 amide bonds. The van der Waals surface area contributed by atoms with Gasteiger partial charge in [0.05, 0.1) is 19.9 Å². The van der Waals surface area contributed by atoms with Crippen LogP contribution in [0.3, 0.4) is 0 Å². The maximum absolute atomic E-state index is 5.51. The van der Waals surface area contributed by atoms with Gasteiger partial charge in [0.25, 0.3) is 0 Å². The van der Waals surface area contributed by atoms with Crippen LogP contribution in [0.1, 0.15) is 12.1 Å². The predicted octanol–water partition coefficient (Wildman–Crippen LogP) is 2.72. The number of ether oxygens (including phenoxy) is 2. The number of rotatable bonds is 6. The topological polar surface area (TPSA) is 57.4 Å². The summed E-state index contributed by atoms with van der Waals surface area (Å²) in [7, 11) is 3.29. The van der Waals surface area contributed by atoms with Gasteiger partial charge in [0.1, 0.15) is 16.5 Å². The van der Waals surface area contributed by atoms with Crippen LogP contribution in [0, 0.1) is 0 Å². The van der Waals surface area contributed by atoms with E-state index < -0.39 is 0 Å². The van der Waals surface area contributed by atoms with Gasteiger partial charge in [0.2, 0.25) is 0 Å². The highest BCUT2D eigenvalue weighted by Gasteiger charge is 2.08. The van der Waals surface area contributed by atoms with Crippen LogP contribution in [0.5, 0.6) is 11.5 Å². The first-order valence-corrected chi connectivity index (χ1v) is 7.02. The number of benzene rings is 1. The van der Waals surface area contributed by atoms with E-state index >= 15 is 0 Å². The number of aromatic nitrogens is 1. The van der Waals surface area contributed by atoms with E-state index in [0.29, 0.717) is 6.54 Å². The molecule has 0 unspecified atom stereocenters. The van der Waals surface area contributed by atoms with Crippen molar-refractivity contribution >= 4 is 11.3 Å². The first-order chi connectivity index (χ1) is 9.26. The van der Waals surface area contributed by atoms with Gasteiger partial charge in [-0.1, -0.05) is 0 Å². The highest BCUT2D eigenvalue weighted by molar-refractivity contribution is 7.13. The van der Waals surface area contributed by atoms with Gasteiger partial charge in [-0.2, -0.15) is 0 Å². The van der Waals surface area contributed by atoms with Crippen molar-refractivity contribution in [1.29, 1.82) is 0 Å². The Kier molecular flexibility index (Phi) is 4.76. The van der Waals surface area contributed by atoms with Crippen LogP contribution < -0.4 is 15.2 Å². The van der Waals surface area contributed by atoms with E-state index in [0.717, 1.165) is 40.6 Å². The zero-order chi connectivity index (χ0) is 13.7. The second-order valence-electron chi connectivity index (χ2n) is 4.14. The Balaban J connectivity index is 2.27.